The van der Waals surface area contributed by atoms with Gasteiger partial charge in [-0.1, -0.05) is 0 Å². The normalized spacial score (nSPS) is 19.7. The summed E-state index contributed by atoms with van der Waals surface area (Å²) in [6.45, 7) is 1.19. The first-order valence-electron chi connectivity index (χ1n) is 4.94. The molecule has 0 saturated carbocycles. The number of aromatic carboxylic acids is 1. The van der Waals surface area contributed by atoms with Crippen LogP contribution in [-0.4, -0.2) is 41.4 Å². The largest absolute Gasteiger partial charge is 0.481 e. The number of carbonyl (C=O) groups is 1. The molecule has 2 rings (SSSR count). The van der Waals surface area contributed by atoms with Gasteiger partial charge in [-0.05, 0) is 6.42 Å². The van der Waals surface area contributed by atoms with Crippen molar-refractivity contribution in [2.75, 3.05) is 20.3 Å². The summed E-state index contributed by atoms with van der Waals surface area (Å²) in [5.74, 6) is -0.266. The molecule has 0 spiro atoms. The first-order valence-corrected chi connectivity index (χ1v) is 4.94. The lowest BCUT2D eigenvalue weighted by atomic mass is 10.1. The van der Waals surface area contributed by atoms with Gasteiger partial charge in [-0.3, -0.25) is 0 Å². The van der Waals surface area contributed by atoms with E-state index in [2.05, 4.69) is 9.97 Å². The maximum atomic E-state index is 10.9. The third-order valence-corrected chi connectivity index (χ3v) is 2.44. The minimum Gasteiger partial charge on any atom is -0.481 e. The van der Waals surface area contributed by atoms with Crippen LogP contribution in [0.15, 0.2) is 6.07 Å². The lowest BCUT2D eigenvalue weighted by molar-refractivity contribution is 0.0689. The van der Waals surface area contributed by atoms with Crippen molar-refractivity contribution in [2.24, 2.45) is 0 Å². The number of methoxy groups -OCH3 is 1. The number of nitrogens with zero attached hydrogens (tertiary/aromatic N) is 2. The quantitative estimate of drug-likeness (QED) is 0.813. The fourth-order valence-corrected chi connectivity index (χ4v) is 1.58. The lowest BCUT2D eigenvalue weighted by Crippen LogP contribution is -2.10. The third-order valence-electron chi connectivity index (χ3n) is 2.44. The van der Waals surface area contributed by atoms with E-state index in [0.717, 1.165) is 6.42 Å². The number of hydrogen-bond donors (Lipinski definition) is 1. The minimum atomic E-state index is -1.08. The minimum absolute atomic E-state index is 0.0475. The van der Waals surface area contributed by atoms with Gasteiger partial charge in [0.25, 0.3) is 0 Å². The molecule has 1 atom stereocenters. The fourth-order valence-electron chi connectivity index (χ4n) is 1.58. The topological polar surface area (TPSA) is 81.5 Å². The van der Waals surface area contributed by atoms with Gasteiger partial charge in [0, 0.05) is 18.6 Å². The van der Waals surface area contributed by atoms with Crippen LogP contribution in [0.2, 0.25) is 0 Å². The first-order chi connectivity index (χ1) is 7.70. The van der Waals surface area contributed by atoms with Gasteiger partial charge >= 0.3 is 5.97 Å². The summed E-state index contributed by atoms with van der Waals surface area (Å²) in [6.07, 6.45) is 0.812. The number of rotatable bonds is 3. The van der Waals surface area contributed by atoms with Crippen LogP contribution >= 0.6 is 0 Å². The van der Waals surface area contributed by atoms with Crippen molar-refractivity contribution in [3.8, 4) is 5.88 Å². The van der Waals surface area contributed by atoms with E-state index < -0.39 is 5.97 Å². The molecule has 16 heavy (non-hydrogen) atoms. The van der Waals surface area contributed by atoms with Gasteiger partial charge in [0.2, 0.25) is 5.88 Å². The van der Waals surface area contributed by atoms with Gasteiger partial charge in [0.15, 0.2) is 5.69 Å². The van der Waals surface area contributed by atoms with Crippen molar-refractivity contribution in [3.05, 3.63) is 17.6 Å². The summed E-state index contributed by atoms with van der Waals surface area (Å²) in [6, 6.07) is 1.31. The van der Waals surface area contributed by atoms with Crippen LogP contribution in [0.1, 0.15) is 28.7 Å². The van der Waals surface area contributed by atoms with E-state index in [1.807, 2.05) is 0 Å². The van der Waals surface area contributed by atoms with Crippen molar-refractivity contribution in [3.63, 3.8) is 0 Å². The Kier molecular flexibility index (Phi) is 3.00. The second-order valence-electron chi connectivity index (χ2n) is 3.52. The maximum Gasteiger partial charge on any atom is 0.354 e. The van der Waals surface area contributed by atoms with E-state index in [0.29, 0.717) is 19.0 Å². The average molecular weight is 224 g/mol. The van der Waals surface area contributed by atoms with Crippen molar-refractivity contribution < 1.29 is 19.4 Å². The molecule has 6 heteroatoms. The van der Waals surface area contributed by atoms with Gasteiger partial charge in [-0.2, -0.15) is 4.98 Å². The van der Waals surface area contributed by atoms with Crippen molar-refractivity contribution in [1.82, 2.24) is 9.97 Å². The Morgan fingerprint density at radius 1 is 1.62 bits per heavy atom. The summed E-state index contributed by atoms with van der Waals surface area (Å²) < 4.78 is 10.2. The van der Waals surface area contributed by atoms with Crippen molar-refractivity contribution in [2.45, 2.75) is 12.3 Å². The standard InChI is InChI=1S/C10H12N2O4/c1-15-8-4-7(10(13)14)11-9(12-8)6-2-3-16-5-6/h4,6H,2-3,5H2,1H3,(H,13,14). The molecule has 6 nitrogen and oxygen atoms in total. The Morgan fingerprint density at radius 2 is 2.44 bits per heavy atom. The molecule has 0 amide bonds. The van der Waals surface area contributed by atoms with Crippen molar-refractivity contribution >= 4 is 5.97 Å². The molecule has 1 fully saturated rings. The first kappa shape index (κ1) is 10.8. The maximum absolute atomic E-state index is 10.9. The number of ether oxygens (including phenoxy) is 2. The van der Waals surface area contributed by atoms with E-state index in [9.17, 15) is 4.79 Å². The van der Waals surface area contributed by atoms with Crippen LogP contribution in [0.25, 0.3) is 0 Å². The summed E-state index contributed by atoms with van der Waals surface area (Å²) in [4.78, 5) is 19.0. The van der Waals surface area contributed by atoms with Crippen molar-refractivity contribution in [1.29, 1.82) is 0 Å². The average Bonchev–Trinajstić information content (AvgIpc) is 2.81. The highest BCUT2D eigenvalue weighted by atomic mass is 16.5. The highest BCUT2D eigenvalue weighted by molar-refractivity contribution is 5.85. The second kappa shape index (κ2) is 4.44. The molecule has 1 aromatic rings. The molecule has 0 bridgehead atoms. The molecule has 0 aromatic carbocycles. The van der Waals surface area contributed by atoms with Crippen LogP contribution in [0, 0.1) is 0 Å². The van der Waals surface area contributed by atoms with Crippen LogP contribution < -0.4 is 4.74 Å². The second-order valence-corrected chi connectivity index (χ2v) is 3.52. The van der Waals surface area contributed by atoms with Crippen LogP contribution in [-0.2, 0) is 4.74 Å². The number of carboxylic acids is 1. The van der Waals surface area contributed by atoms with Crippen LogP contribution in [0.5, 0.6) is 5.88 Å². The SMILES string of the molecule is COc1cc(C(=O)O)nc(C2CCOC2)n1. The molecule has 1 unspecified atom stereocenters. The predicted molar refractivity (Wildman–Crippen MR) is 53.7 cm³/mol. The van der Waals surface area contributed by atoms with E-state index in [1.165, 1.54) is 13.2 Å². The molecule has 0 aliphatic carbocycles. The lowest BCUT2D eigenvalue weighted by Gasteiger charge is -2.08. The van der Waals surface area contributed by atoms with Gasteiger partial charge in [-0.25, -0.2) is 9.78 Å². The summed E-state index contributed by atoms with van der Waals surface area (Å²) in [5.41, 5.74) is -0.0475. The number of hydrogen-bond acceptors (Lipinski definition) is 5. The molecule has 86 valence electrons. The van der Waals surface area contributed by atoms with Gasteiger partial charge < -0.3 is 14.6 Å². The monoisotopic (exact) mass is 224 g/mol. The van der Waals surface area contributed by atoms with E-state index in [1.54, 1.807) is 0 Å². The third kappa shape index (κ3) is 2.11. The Hall–Kier alpha value is -1.69. The van der Waals surface area contributed by atoms with E-state index in [4.69, 9.17) is 14.6 Å². The zero-order valence-corrected chi connectivity index (χ0v) is 8.84. The van der Waals surface area contributed by atoms with Crippen LogP contribution in [0.3, 0.4) is 0 Å². The van der Waals surface area contributed by atoms with Gasteiger partial charge in [0.1, 0.15) is 5.82 Å². The molecular formula is C10H12N2O4. The molecule has 1 aliphatic rings. The smallest absolute Gasteiger partial charge is 0.354 e. The highest BCUT2D eigenvalue weighted by Gasteiger charge is 2.23. The Labute approximate surface area is 92.2 Å². The summed E-state index contributed by atoms with van der Waals surface area (Å²) in [7, 11) is 1.45. The Balaban J connectivity index is 2.35. The number of carboxylic acid groups (broad SMARTS) is 1. The highest BCUT2D eigenvalue weighted by Crippen LogP contribution is 2.24. The van der Waals surface area contributed by atoms with E-state index >= 15 is 0 Å². The van der Waals surface area contributed by atoms with Crippen LogP contribution in [0.4, 0.5) is 0 Å². The molecule has 2 heterocycles. The number of aromatic nitrogens is 2. The molecular weight excluding hydrogens is 212 g/mol. The zero-order chi connectivity index (χ0) is 11.5. The molecule has 0 radical (unpaired) electrons. The van der Waals surface area contributed by atoms with Gasteiger partial charge in [0.05, 0.1) is 13.7 Å². The Bertz CT molecular complexity index is 402. The molecule has 1 aliphatic heterocycles. The Morgan fingerprint density at radius 3 is 3.00 bits per heavy atom. The molecule has 1 saturated heterocycles. The molecule has 1 N–H and O–H groups in total. The zero-order valence-electron chi connectivity index (χ0n) is 8.84. The fraction of sp³-hybridized carbons (Fsp3) is 0.500. The molecule has 1 aromatic heterocycles. The van der Waals surface area contributed by atoms with E-state index in [-0.39, 0.29) is 17.5 Å². The summed E-state index contributed by atoms with van der Waals surface area (Å²) >= 11 is 0. The predicted octanol–water partition coefficient (Wildman–Crippen LogP) is 0.687. The summed E-state index contributed by atoms with van der Waals surface area (Å²) in [5, 5.41) is 8.89. The van der Waals surface area contributed by atoms with Gasteiger partial charge in [-0.15, -0.1) is 0 Å².